The van der Waals surface area contributed by atoms with Crippen molar-refractivity contribution in [2.75, 3.05) is 32.2 Å². The van der Waals surface area contributed by atoms with Crippen LogP contribution in [0.4, 0.5) is 5.69 Å². The van der Waals surface area contributed by atoms with Gasteiger partial charge in [0.1, 0.15) is 5.92 Å². The average molecular weight is 287 g/mol. The number of fused-ring (bicyclic) bond motifs is 1. The number of benzene rings is 1. The Labute approximate surface area is 123 Å². The molecule has 1 aliphatic rings. The van der Waals surface area contributed by atoms with Gasteiger partial charge in [0.15, 0.2) is 0 Å². The summed E-state index contributed by atoms with van der Waals surface area (Å²) in [5.41, 5.74) is 1.47. The number of likely N-dealkylation sites (N-methyl/N-ethyl adjacent to an activating group) is 1. The van der Waals surface area contributed by atoms with Gasteiger partial charge in [0.2, 0.25) is 11.8 Å². The van der Waals surface area contributed by atoms with E-state index >= 15 is 0 Å². The third-order valence-electron chi connectivity index (χ3n) is 3.59. The minimum absolute atomic E-state index is 0.232. The summed E-state index contributed by atoms with van der Waals surface area (Å²) < 4.78 is 4.85. The van der Waals surface area contributed by atoms with Crippen molar-refractivity contribution in [3.8, 4) is 6.07 Å². The van der Waals surface area contributed by atoms with Crippen molar-refractivity contribution in [1.82, 2.24) is 5.32 Å². The number of nitrogens with zero attached hydrogens (tertiary/aromatic N) is 2. The van der Waals surface area contributed by atoms with E-state index in [1.807, 2.05) is 18.2 Å². The van der Waals surface area contributed by atoms with Crippen molar-refractivity contribution in [2.24, 2.45) is 5.92 Å². The van der Waals surface area contributed by atoms with Gasteiger partial charge in [0.25, 0.3) is 0 Å². The van der Waals surface area contributed by atoms with E-state index in [9.17, 15) is 14.9 Å². The van der Waals surface area contributed by atoms with Crippen LogP contribution in [-0.2, 0) is 14.3 Å². The van der Waals surface area contributed by atoms with Crippen molar-refractivity contribution in [1.29, 1.82) is 5.26 Å². The molecule has 0 unspecified atom stereocenters. The van der Waals surface area contributed by atoms with E-state index in [1.54, 1.807) is 19.2 Å². The number of hydrogen-bond donors (Lipinski definition) is 1. The molecule has 2 rings (SSSR count). The van der Waals surface area contributed by atoms with E-state index in [4.69, 9.17) is 4.74 Å². The fraction of sp³-hybridized carbons (Fsp3) is 0.400. The van der Waals surface area contributed by atoms with Gasteiger partial charge in [-0.05, 0) is 11.6 Å². The summed E-state index contributed by atoms with van der Waals surface area (Å²) in [6.45, 7) is 0.672. The lowest BCUT2D eigenvalue weighted by Crippen LogP contribution is -2.38. The van der Waals surface area contributed by atoms with Crippen LogP contribution in [0.1, 0.15) is 11.5 Å². The zero-order chi connectivity index (χ0) is 15.4. The van der Waals surface area contributed by atoms with Crippen molar-refractivity contribution in [3.05, 3.63) is 29.8 Å². The monoisotopic (exact) mass is 287 g/mol. The Bertz CT molecular complexity index is 594. The quantitative estimate of drug-likeness (QED) is 0.806. The first-order valence-electron chi connectivity index (χ1n) is 6.64. The number of nitrogens with one attached hydrogen (secondary N) is 1. The van der Waals surface area contributed by atoms with Gasteiger partial charge in [-0.2, -0.15) is 5.26 Å². The highest BCUT2D eigenvalue weighted by atomic mass is 16.5. The first-order chi connectivity index (χ1) is 10.1. The van der Waals surface area contributed by atoms with Crippen LogP contribution in [0.3, 0.4) is 0 Å². The van der Waals surface area contributed by atoms with Gasteiger partial charge in [0.05, 0.1) is 18.6 Å². The molecule has 0 bridgehead atoms. The van der Waals surface area contributed by atoms with Gasteiger partial charge in [-0.1, -0.05) is 18.2 Å². The van der Waals surface area contributed by atoms with E-state index in [0.717, 1.165) is 11.3 Å². The molecule has 1 aromatic carbocycles. The van der Waals surface area contributed by atoms with Gasteiger partial charge in [-0.15, -0.1) is 0 Å². The molecule has 21 heavy (non-hydrogen) atoms. The molecule has 0 aliphatic carbocycles. The van der Waals surface area contributed by atoms with Crippen molar-refractivity contribution in [2.45, 2.75) is 5.92 Å². The highest BCUT2D eigenvalue weighted by molar-refractivity contribution is 6.07. The minimum Gasteiger partial charge on any atom is -0.383 e. The third kappa shape index (κ3) is 2.73. The molecule has 1 heterocycles. The van der Waals surface area contributed by atoms with E-state index in [0.29, 0.717) is 13.2 Å². The number of nitriles is 1. The van der Waals surface area contributed by atoms with E-state index in [-0.39, 0.29) is 5.91 Å². The molecular formula is C15H17N3O3. The molecular weight excluding hydrogens is 270 g/mol. The van der Waals surface area contributed by atoms with E-state index in [2.05, 4.69) is 5.32 Å². The molecule has 6 heteroatoms. The van der Waals surface area contributed by atoms with Crippen LogP contribution in [0.25, 0.3) is 0 Å². The lowest BCUT2D eigenvalue weighted by Gasteiger charge is -2.16. The Morgan fingerprint density at radius 1 is 1.52 bits per heavy atom. The van der Waals surface area contributed by atoms with E-state index in [1.165, 1.54) is 12.0 Å². The van der Waals surface area contributed by atoms with Crippen LogP contribution in [-0.4, -0.2) is 39.1 Å². The standard InChI is InChI=1S/C15H17N3O3/c1-18-12-6-4-3-5-10(12)13(15(18)20)11(9-16)14(19)17-7-8-21-2/h3-6,11,13H,7-8H2,1-2H3,(H,17,19)/t11-,13-/m0/s1. The second-order valence-corrected chi connectivity index (χ2v) is 4.82. The molecule has 0 saturated carbocycles. The molecule has 2 atom stereocenters. The molecule has 0 radical (unpaired) electrons. The predicted octanol–water partition coefficient (Wildman–Crippen LogP) is 0.649. The summed E-state index contributed by atoms with van der Waals surface area (Å²) >= 11 is 0. The number of amides is 2. The van der Waals surface area contributed by atoms with Crippen LogP contribution in [0.5, 0.6) is 0 Å². The number of ether oxygens (including phenoxy) is 1. The number of rotatable bonds is 5. The van der Waals surface area contributed by atoms with E-state index < -0.39 is 17.7 Å². The molecule has 0 saturated heterocycles. The van der Waals surface area contributed by atoms with Gasteiger partial charge >= 0.3 is 0 Å². The summed E-state index contributed by atoms with van der Waals surface area (Å²) in [7, 11) is 3.18. The fourth-order valence-electron chi connectivity index (χ4n) is 2.51. The summed E-state index contributed by atoms with van der Waals surface area (Å²) in [5.74, 6) is -2.47. The molecule has 1 aromatic rings. The zero-order valence-corrected chi connectivity index (χ0v) is 12.0. The Kier molecular flexibility index (Phi) is 4.55. The van der Waals surface area contributed by atoms with Gasteiger partial charge in [-0.3, -0.25) is 9.59 Å². The van der Waals surface area contributed by atoms with Crippen molar-refractivity contribution in [3.63, 3.8) is 0 Å². The topological polar surface area (TPSA) is 82.4 Å². The molecule has 1 N–H and O–H groups in total. The maximum atomic E-state index is 12.4. The van der Waals surface area contributed by atoms with Crippen LogP contribution >= 0.6 is 0 Å². The largest absolute Gasteiger partial charge is 0.383 e. The Morgan fingerprint density at radius 3 is 2.90 bits per heavy atom. The second-order valence-electron chi connectivity index (χ2n) is 4.82. The Morgan fingerprint density at radius 2 is 2.24 bits per heavy atom. The Balaban J connectivity index is 2.25. The number of carbonyl (C=O) groups is 2. The van der Waals surface area contributed by atoms with Crippen LogP contribution in [0.15, 0.2) is 24.3 Å². The Hall–Kier alpha value is -2.39. The van der Waals surface area contributed by atoms with Crippen LogP contribution < -0.4 is 10.2 Å². The maximum Gasteiger partial charge on any atom is 0.238 e. The van der Waals surface area contributed by atoms with Crippen LogP contribution in [0, 0.1) is 17.2 Å². The molecule has 110 valence electrons. The van der Waals surface area contributed by atoms with Gasteiger partial charge in [0, 0.05) is 26.4 Å². The van der Waals surface area contributed by atoms with Gasteiger partial charge < -0.3 is 15.0 Å². The van der Waals surface area contributed by atoms with Gasteiger partial charge in [-0.25, -0.2) is 0 Å². The van der Waals surface area contributed by atoms with Crippen molar-refractivity contribution < 1.29 is 14.3 Å². The molecule has 0 aromatic heterocycles. The zero-order valence-electron chi connectivity index (χ0n) is 12.0. The number of carbonyl (C=O) groups excluding carboxylic acids is 2. The number of para-hydroxylation sites is 1. The normalized spacial score (nSPS) is 18.0. The lowest BCUT2D eigenvalue weighted by atomic mass is 9.87. The SMILES string of the molecule is COCCNC(=O)[C@@H](C#N)[C@H]1C(=O)N(C)c2ccccc21. The number of methoxy groups -OCH3 is 1. The summed E-state index contributed by atoms with van der Waals surface area (Å²) in [6, 6.07) is 9.18. The number of anilines is 1. The summed E-state index contributed by atoms with van der Waals surface area (Å²) in [5, 5.41) is 12.0. The smallest absolute Gasteiger partial charge is 0.238 e. The molecule has 0 spiro atoms. The lowest BCUT2D eigenvalue weighted by molar-refractivity contribution is -0.128. The minimum atomic E-state index is -1.04. The predicted molar refractivity (Wildman–Crippen MR) is 76.6 cm³/mol. The summed E-state index contributed by atoms with van der Waals surface area (Å²) in [6.07, 6.45) is 0. The molecule has 6 nitrogen and oxygen atoms in total. The second kappa shape index (κ2) is 6.37. The summed E-state index contributed by atoms with van der Waals surface area (Å²) in [4.78, 5) is 26.0. The average Bonchev–Trinajstić information content (AvgIpc) is 2.74. The van der Waals surface area contributed by atoms with Crippen LogP contribution in [0.2, 0.25) is 0 Å². The third-order valence-corrected chi connectivity index (χ3v) is 3.59. The maximum absolute atomic E-state index is 12.4. The highest BCUT2D eigenvalue weighted by Gasteiger charge is 2.43. The molecule has 1 aliphatic heterocycles. The van der Waals surface area contributed by atoms with Crippen molar-refractivity contribution >= 4 is 17.5 Å². The first kappa shape index (κ1) is 15.0. The molecule has 2 amide bonds. The molecule has 0 fully saturated rings. The first-order valence-corrected chi connectivity index (χ1v) is 6.64. The number of hydrogen-bond acceptors (Lipinski definition) is 4. The fourth-order valence-corrected chi connectivity index (χ4v) is 2.51. The highest BCUT2D eigenvalue weighted by Crippen LogP contribution is 2.40.